The molecule has 4 nitrogen and oxygen atoms in total. The van der Waals surface area contributed by atoms with Crippen LogP contribution in [0.4, 0.5) is 9.18 Å². The highest BCUT2D eigenvalue weighted by atomic mass is 19.1. The normalized spacial score (nSPS) is 20.0. The summed E-state index contributed by atoms with van der Waals surface area (Å²) in [6.45, 7) is 7.35. The van der Waals surface area contributed by atoms with Crippen LogP contribution >= 0.6 is 0 Å². The highest BCUT2D eigenvalue weighted by Gasteiger charge is 2.31. The van der Waals surface area contributed by atoms with Crippen molar-refractivity contribution in [2.24, 2.45) is 0 Å². The molecule has 1 atom stereocenters. The van der Waals surface area contributed by atoms with Gasteiger partial charge in [-0.25, -0.2) is 9.18 Å². The quantitative estimate of drug-likeness (QED) is 0.860. The van der Waals surface area contributed by atoms with Crippen molar-refractivity contribution in [1.29, 1.82) is 0 Å². The summed E-state index contributed by atoms with van der Waals surface area (Å²) in [4.78, 5) is 15.8. The van der Waals surface area contributed by atoms with Crippen molar-refractivity contribution in [2.45, 2.75) is 39.0 Å². The maximum Gasteiger partial charge on any atom is 0.410 e. The van der Waals surface area contributed by atoms with Gasteiger partial charge in [-0.1, -0.05) is 30.3 Å². The Morgan fingerprint density at radius 1 is 1.27 bits per heavy atom. The number of halogens is 1. The Kier molecular flexibility index (Phi) is 5.40. The minimum Gasteiger partial charge on any atom is -0.444 e. The number of carbonyl (C=O) groups excluding carboxylic acids is 1. The fourth-order valence-corrected chi connectivity index (χ4v) is 2.56. The van der Waals surface area contributed by atoms with Gasteiger partial charge in [-0.2, -0.15) is 0 Å². The third-order valence-electron chi connectivity index (χ3n) is 3.66. The van der Waals surface area contributed by atoms with E-state index >= 15 is 0 Å². The summed E-state index contributed by atoms with van der Waals surface area (Å²) in [7, 11) is 0. The highest BCUT2D eigenvalue weighted by molar-refractivity contribution is 5.68. The molecule has 1 fully saturated rings. The van der Waals surface area contributed by atoms with Crippen LogP contribution in [-0.2, 0) is 11.3 Å². The first kappa shape index (κ1) is 16.7. The molecule has 1 aliphatic heterocycles. The molecule has 2 rings (SSSR count). The molecule has 1 aliphatic rings. The predicted octanol–water partition coefficient (Wildman–Crippen LogP) is 3.08. The average Bonchev–Trinajstić information content (AvgIpc) is 2.47. The molecule has 1 amide bonds. The second-order valence-electron chi connectivity index (χ2n) is 6.69. The number of ether oxygens (including phenoxy) is 1. The molecule has 0 N–H and O–H groups in total. The summed E-state index contributed by atoms with van der Waals surface area (Å²) in [5.41, 5.74) is 0.635. The van der Waals surface area contributed by atoms with Crippen LogP contribution in [0.1, 0.15) is 26.3 Å². The van der Waals surface area contributed by atoms with E-state index in [1.165, 1.54) is 0 Å². The summed E-state index contributed by atoms with van der Waals surface area (Å²) in [6.07, 6.45) is -0.356. The molecule has 0 aromatic heterocycles. The van der Waals surface area contributed by atoms with Gasteiger partial charge in [0, 0.05) is 26.2 Å². The fourth-order valence-electron chi connectivity index (χ4n) is 2.56. The Hall–Kier alpha value is -1.62. The van der Waals surface area contributed by atoms with Gasteiger partial charge >= 0.3 is 6.09 Å². The van der Waals surface area contributed by atoms with Gasteiger partial charge in [0.1, 0.15) is 12.3 Å². The van der Waals surface area contributed by atoms with Crippen molar-refractivity contribution in [2.75, 3.05) is 26.3 Å². The summed E-state index contributed by atoms with van der Waals surface area (Å²) in [6, 6.07) is 9.73. The zero-order chi connectivity index (χ0) is 16.2. The molecule has 1 aromatic rings. The molecule has 5 heteroatoms. The topological polar surface area (TPSA) is 32.8 Å². The number of amides is 1. The van der Waals surface area contributed by atoms with Crippen molar-refractivity contribution in [3.63, 3.8) is 0 Å². The minimum atomic E-state index is -0.524. The van der Waals surface area contributed by atoms with E-state index in [0.29, 0.717) is 26.2 Å². The lowest BCUT2D eigenvalue weighted by atomic mass is 10.1. The number of alkyl halides is 1. The van der Waals surface area contributed by atoms with Gasteiger partial charge < -0.3 is 9.64 Å². The smallest absolute Gasteiger partial charge is 0.410 e. The number of benzene rings is 1. The molecular formula is C17H25FN2O2. The molecule has 122 valence electrons. The largest absolute Gasteiger partial charge is 0.444 e. The lowest BCUT2D eigenvalue weighted by Crippen LogP contribution is -2.55. The van der Waals surface area contributed by atoms with Crippen molar-refractivity contribution in [1.82, 2.24) is 9.80 Å². The van der Waals surface area contributed by atoms with E-state index in [9.17, 15) is 9.18 Å². The third-order valence-corrected chi connectivity index (χ3v) is 3.66. The summed E-state index contributed by atoms with van der Waals surface area (Å²) in [5, 5.41) is 0. The van der Waals surface area contributed by atoms with Gasteiger partial charge in [0.2, 0.25) is 0 Å². The molecular weight excluding hydrogens is 283 g/mol. The van der Waals surface area contributed by atoms with Gasteiger partial charge in [0.15, 0.2) is 0 Å². The summed E-state index contributed by atoms with van der Waals surface area (Å²) < 4.78 is 18.8. The van der Waals surface area contributed by atoms with Crippen LogP contribution in [0.3, 0.4) is 0 Å². The monoisotopic (exact) mass is 308 g/mol. The average molecular weight is 308 g/mol. The molecule has 0 unspecified atom stereocenters. The lowest BCUT2D eigenvalue weighted by Gasteiger charge is -2.40. The molecule has 0 bridgehead atoms. The molecule has 1 heterocycles. The summed E-state index contributed by atoms with van der Waals surface area (Å²) >= 11 is 0. The lowest BCUT2D eigenvalue weighted by molar-refractivity contribution is -0.000708. The Balaban J connectivity index is 1.95. The van der Waals surface area contributed by atoms with Crippen molar-refractivity contribution >= 4 is 6.09 Å². The number of hydrogen-bond acceptors (Lipinski definition) is 3. The zero-order valence-electron chi connectivity index (χ0n) is 13.6. The van der Waals surface area contributed by atoms with E-state index in [1.807, 2.05) is 51.1 Å². The second kappa shape index (κ2) is 7.09. The summed E-state index contributed by atoms with van der Waals surface area (Å²) in [5.74, 6) is 0. The molecule has 1 saturated heterocycles. The minimum absolute atomic E-state index is 0.276. The van der Waals surface area contributed by atoms with Crippen LogP contribution in [0.15, 0.2) is 30.3 Å². The van der Waals surface area contributed by atoms with Gasteiger partial charge in [-0.05, 0) is 26.3 Å². The zero-order valence-corrected chi connectivity index (χ0v) is 13.6. The van der Waals surface area contributed by atoms with E-state index < -0.39 is 12.3 Å². The van der Waals surface area contributed by atoms with Crippen molar-refractivity contribution in [3.8, 4) is 0 Å². The molecule has 0 aliphatic carbocycles. The standard InChI is InChI=1S/C17H25FN2O2/c1-17(2,3)22-16(21)20-10-9-19(15(11-18)13-20)12-14-7-5-4-6-8-14/h4-8,15H,9-13H2,1-3H3/t15-/m1/s1. The van der Waals surface area contributed by atoms with E-state index in [2.05, 4.69) is 4.90 Å². The Labute approximate surface area is 131 Å². The van der Waals surface area contributed by atoms with Crippen molar-refractivity contribution in [3.05, 3.63) is 35.9 Å². The highest BCUT2D eigenvalue weighted by Crippen LogP contribution is 2.17. The van der Waals surface area contributed by atoms with E-state index in [1.54, 1.807) is 4.90 Å². The van der Waals surface area contributed by atoms with Crippen LogP contribution in [0, 0.1) is 0 Å². The molecule has 0 spiro atoms. The number of carbonyl (C=O) groups is 1. The first-order valence-corrected chi connectivity index (χ1v) is 7.71. The Morgan fingerprint density at radius 3 is 2.55 bits per heavy atom. The van der Waals surface area contributed by atoms with Gasteiger partial charge in [-0.15, -0.1) is 0 Å². The molecule has 0 radical (unpaired) electrons. The first-order chi connectivity index (χ1) is 10.4. The number of piperazine rings is 1. The van der Waals surface area contributed by atoms with Gasteiger partial charge in [0.05, 0.1) is 6.04 Å². The van der Waals surface area contributed by atoms with E-state index in [0.717, 1.165) is 5.56 Å². The number of hydrogen-bond donors (Lipinski definition) is 0. The van der Waals surface area contributed by atoms with Crippen LogP contribution < -0.4 is 0 Å². The maximum atomic E-state index is 13.4. The van der Waals surface area contributed by atoms with Gasteiger partial charge in [0.25, 0.3) is 0 Å². The maximum absolute atomic E-state index is 13.4. The van der Waals surface area contributed by atoms with E-state index in [-0.39, 0.29) is 12.1 Å². The van der Waals surface area contributed by atoms with Crippen LogP contribution in [-0.4, -0.2) is 53.8 Å². The molecule has 0 saturated carbocycles. The van der Waals surface area contributed by atoms with Crippen LogP contribution in [0.2, 0.25) is 0 Å². The molecule has 22 heavy (non-hydrogen) atoms. The SMILES string of the molecule is CC(C)(C)OC(=O)N1CCN(Cc2ccccc2)[C@H](CF)C1. The van der Waals surface area contributed by atoms with Gasteiger partial charge in [-0.3, -0.25) is 4.90 Å². The predicted molar refractivity (Wildman–Crippen MR) is 84.4 cm³/mol. The Morgan fingerprint density at radius 2 is 1.95 bits per heavy atom. The molecule has 1 aromatic carbocycles. The first-order valence-electron chi connectivity index (χ1n) is 7.71. The van der Waals surface area contributed by atoms with Crippen LogP contribution in [0.5, 0.6) is 0 Å². The Bertz CT molecular complexity index is 487. The number of rotatable bonds is 3. The van der Waals surface area contributed by atoms with E-state index in [4.69, 9.17) is 4.74 Å². The third kappa shape index (κ3) is 4.70. The van der Waals surface area contributed by atoms with Crippen LogP contribution in [0.25, 0.3) is 0 Å². The van der Waals surface area contributed by atoms with Crippen molar-refractivity contribution < 1.29 is 13.9 Å². The fraction of sp³-hybridized carbons (Fsp3) is 0.588. The number of nitrogens with zero attached hydrogens (tertiary/aromatic N) is 2. The second-order valence-corrected chi connectivity index (χ2v) is 6.69.